The number of hydrogen-bond acceptors (Lipinski definition) is 4. The van der Waals surface area contributed by atoms with Crippen molar-refractivity contribution in [3.05, 3.63) is 41.7 Å². The molecule has 0 saturated heterocycles. The molecule has 0 amide bonds. The van der Waals surface area contributed by atoms with Crippen LogP contribution < -0.4 is 5.14 Å². The summed E-state index contributed by atoms with van der Waals surface area (Å²) in [4.78, 5) is -0.0636. The third-order valence-corrected chi connectivity index (χ3v) is 4.52. The molecule has 1 aromatic carbocycles. The lowest BCUT2D eigenvalue weighted by Crippen LogP contribution is -2.26. The molecule has 0 aliphatic carbocycles. The SMILES string of the molecule is COC(C)(C)Cc1cc(C(F)F)nn1-c1ccc(S(N)(=O)=O)cc1. The van der Waals surface area contributed by atoms with Crippen molar-refractivity contribution in [1.82, 2.24) is 9.78 Å². The standard InChI is InChI=1S/C15H19F2N3O3S/c1-15(2,23-3)9-11-8-13(14(16)17)19-20(11)10-4-6-12(7-5-10)24(18,21)22/h4-8,14H,9H2,1-3H3,(H2,18,21,22). The summed E-state index contributed by atoms with van der Waals surface area (Å²) in [6, 6.07) is 6.86. The lowest BCUT2D eigenvalue weighted by molar-refractivity contribution is 0.0220. The Morgan fingerprint density at radius 3 is 2.33 bits per heavy atom. The Labute approximate surface area is 139 Å². The Morgan fingerprint density at radius 2 is 1.88 bits per heavy atom. The van der Waals surface area contributed by atoms with E-state index in [4.69, 9.17) is 9.88 Å². The number of ether oxygens (including phenoxy) is 1. The monoisotopic (exact) mass is 359 g/mol. The van der Waals surface area contributed by atoms with Crippen LogP contribution >= 0.6 is 0 Å². The molecule has 0 fully saturated rings. The van der Waals surface area contributed by atoms with Crippen LogP contribution in [0, 0.1) is 0 Å². The number of primary sulfonamides is 1. The second-order valence-corrected chi connectivity index (χ2v) is 7.51. The van der Waals surface area contributed by atoms with Gasteiger partial charge in [0.25, 0.3) is 6.43 Å². The maximum Gasteiger partial charge on any atom is 0.282 e. The van der Waals surface area contributed by atoms with E-state index in [9.17, 15) is 17.2 Å². The number of aromatic nitrogens is 2. The van der Waals surface area contributed by atoms with Crippen LogP contribution in [0.3, 0.4) is 0 Å². The van der Waals surface area contributed by atoms with Gasteiger partial charge in [0.2, 0.25) is 10.0 Å². The molecule has 0 radical (unpaired) electrons. The minimum Gasteiger partial charge on any atom is -0.378 e. The summed E-state index contributed by atoms with van der Waals surface area (Å²) in [5.74, 6) is 0. The first-order valence-corrected chi connectivity index (χ1v) is 8.63. The molecule has 9 heteroatoms. The van der Waals surface area contributed by atoms with Crippen LogP contribution in [0.2, 0.25) is 0 Å². The van der Waals surface area contributed by atoms with Crippen LogP contribution in [0.4, 0.5) is 8.78 Å². The summed E-state index contributed by atoms with van der Waals surface area (Å²) in [6.07, 6.45) is -2.36. The van der Waals surface area contributed by atoms with E-state index < -0.39 is 22.0 Å². The molecule has 0 aliphatic rings. The number of nitrogens with two attached hydrogens (primary N) is 1. The highest BCUT2D eigenvalue weighted by molar-refractivity contribution is 7.89. The summed E-state index contributed by atoms with van der Waals surface area (Å²) in [6.45, 7) is 3.66. The number of methoxy groups -OCH3 is 1. The Bertz CT molecular complexity index is 815. The van der Waals surface area contributed by atoms with Gasteiger partial charge in [-0.15, -0.1) is 0 Å². The van der Waals surface area contributed by atoms with Gasteiger partial charge in [0.05, 0.1) is 16.2 Å². The first kappa shape index (κ1) is 18.5. The molecule has 1 heterocycles. The molecule has 6 nitrogen and oxygen atoms in total. The normalized spacial score (nSPS) is 12.8. The Balaban J connectivity index is 2.48. The van der Waals surface area contributed by atoms with E-state index in [2.05, 4.69) is 5.10 Å². The molecule has 0 atom stereocenters. The minimum absolute atomic E-state index is 0.0636. The molecule has 24 heavy (non-hydrogen) atoms. The molecule has 2 rings (SSSR count). The molecule has 0 bridgehead atoms. The highest BCUT2D eigenvalue weighted by atomic mass is 32.2. The number of benzene rings is 1. The molecule has 2 aromatic rings. The third kappa shape index (κ3) is 4.16. The van der Waals surface area contributed by atoms with Gasteiger partial charge in [0.1, 0.15) is 5.69 Å². The number of rotatable bonds is 6. The number of alkyl halides is 2. The molecular formula is C15H19F2N3O3S. The molecule has 132 valence electrons. The van der Waals surface area contributed by atoms with E-state index in [0.29, 0.717) is 17.8 Å². The highest BCUT2D eigenvalue weighted by Crippen LogP contribution is 2.25. The minimum atomic E-state index is -3.82. The highest BCUT2D eigenvalue weighted by Gasteiger charge is 2.23. The molecule has 0 aliphatic heterocycles. The molecule has 0 saturated carbocycles. The van der Waals surface area contributed by atoms with Crippen molar-refractivity contribution in [2.45, 2.75) is 37.2 Å². The lowest BCUT2D eigenvalue weighted by Gasteiger charge is -2.23. The summed E-state index contributed by atoms with van der Waals surface area (Å²) in [5.41, 5.74) is 0.0571. The fourth-order valence-corrected chi connectivity index (χ4v) is 2.70. The predicted octanol–water partition coefficient (Wildman–Crippen LogP) is 2.42. The zero-order valence-electron chi connectivity index (χ0n) is 13.5. The van der Waals surface area contributed by atoms with E-state index in [1.165, 1.54) is 42.1 Å². The summed E-state index contributed by atoms with van der Waals surface area (Å²) < 4.78 is 55.3. The number of hydrogen-bond donors (Lipinski definition) is 1. The summed E-state index contributed by atoms with van der Waals surface area (Å²) in [7, 11) is -2.29. The Kier molecular flexibility index (Phi) is 5.07. The molecule has 1 aromatic heterocycles. The van der Waals surface area contributed by atoms with E-state index in [-0.39, 0.29) is 10.6 Å². The quantitative estimate of drug-likeness (QED) is 0.858. The Hall–Kier alpha value is -1.84. The zero-order chi connectivity index (χ0) is 18.1. The van der Waals surface area contributed by atoms with Gasteiger partial charge in [-0.05, 0) is 44.2 Å². The first-order valence-electron chi connectivity index (χ1n) is 7.09. The second kappa shape index (κ2) is 6.58. The fraction of sp³-hybridized carbons (Fsp3) is 0.400. The van der Waals surface area contributed by atoms with Gasteiger partial charge < -0.3 is 4.74 Å². The van der Waals surface area contributed by atoms with Crippen LogP contribution in [-0.2, 0) is 21.2 Å². The topological polar surface area (TPSA) is 87.2 Å². The Morgan fingerprint density at radius 1 is 1.29 bits per heavy atom. The zero-order valence-corrected chi connectivity index (χ0v) is 14.3. The van der Waals surface area contributed by atoms with Crippen molar-refractivity contribution in [2.75, 3.05) is 7.11 Å². The lowest BCUT2D eigenvalue weighted by atomic mass is 10.0. The van der Waals surface area contributed by atoms with Crippen LogP contribution in [0.25, 0.3) is 5.69 Å². The van der Waals surface area contributed by atoms with Crippen molar-refractivity contribution in [3.8, 4) is 5.69 Å². The maximum absolute atomic E-state index is 13.0. The van der Waals surface area contributed by atoms with Gasteiger partial charge in [-0.3, -0.25) is 0 Å². The van der Waals surface area contributed by atoms with Crippen molar-refractivity contribution >= 4 is 10.0 Å². The summed E-state index contributed by atoms with van der Waals surface area (Å²) >= 11 is 0. The van der Waals surface area contributed by atoms with Gasteiger partial charge >= 0.3 is 0 Å². The van der Waals surface area contributed by atoms with Gasteiger partial charge in [-0.25, -0.2) is 27.0 Å². The molecule has 0 spiro atoms. The molecule has 0 unspecified atom stereocenters. The van der Waals surface area contributed by atoms with Gasteiger partial charge in [-0.1, -0.05) is 0 Å². The van der Waals surface area contributed by atoms with Gasteiger partial charge in [0.15, 0.2) is 0 Å². The van der Waals surface area contributed by atoms with Crippen molar-refractivity contribution in [2.24, 2.45) is 5.14 Å². The second-order valence-electron chi connectivity index (χ2n) is 5.95. The average Bonchev–Trinajstić information content (AvgIpc) is 2.90. The maximum atomic E-state index is 13.0. The van der Waals surface area contributed by atoms with Crippen molar-refractivity contribution in [1.29, 1.82) is 0 Å². The van der Waals surface area contributed by atoms with Gasteiger partial charge in [0, 0.05) is 19.2 Å². The smallest absolute Gasteiger partial charge is 0.282 e. The van der Waals surface area contributed by atoms with Crippen LogP contribution in [0.1, 0.15) is 31.7 Å². The van der Waals surface area contributed by atoms with Crippen LogP contribution in [-0.4, -0.2) is 30.9 Å². The van der Waals surface area contributed by atoms with E-state index in [1.807, 2.05) is 13.8 Å². The van der Waals surface area contributed by atoms with E-state index in [1.54, 1.807) is 0 Å². The van der Waals surface area contributed by atoms with E-state index >= 15 is 0 Å². The fourth-order valence-electron chi connectivity index (χ4n) is 2.18. The van der Waals surface area contributed by atoms with E-state index in [0.717, 1.165) is 0 Å². The molecular weight excluding hydrogens is 340 g/mol. The first-order chi connectivity index (χ1) is 11.0. The largest absolute Gasteiger partial charge is 0.378 e. The number of sulfonamides is 1. The van der Waals surface area contributed by atoms with Crippen LogP contribution in [0.15, 0.2) is 35.2 Å². The average molecular weight is 359 g/mol. The predicted molar refractivity (Wildman–Crippen MR) is 84.7 cm³/mol. The van der Waals surface area contributed by atoms with Crippen molar-refractivity contribution < 1.29 is 21.9 Å². The number of nitrogens with zero attached hydrogens (tertiary/aromatic N) is 2. The number of halogens is 2. The van der Waals surface area contributed by atoms with Crippen LogP contribution in [0.5, 0.6) is 0 Å². The summed E-state index contributed by atoms with van der Waals surface area (Å²) in [5, 5.41) is 8.98. The third-order valence-electron chi connectivity index (χ3n) is 3.59. The van der Waals surface area contributed by atoms with Gasteiger partial charge in [-0.2, -0.15) is 5.10 Å². The molecule has 2 N–H and O–H groups in total. The van der Waals surface area contributed by atoms with Crippen molar-refractivity contribution in [3.63, 3.8) is 0 Å².